The van der Waals surface area contributed by atoms with Gasteiger partial charge in [-0.2, -0.15) is 0 Å². The Morgan fingerprint density at radius 3 is 3.00 bits per heavy atom. The van der Waals surface area contributed by atoms with E-state index >= 15 is 0 Å². The molecule has 0 bridgehead atoms. The van der Waals surface area contributed by atoms with Gasteiger partial charge in [-0.1, -0.05) is 6.92 Å². The lowest BCUT2D eigenvalue weighted by Gasteiger charge is -2.33. The van der Waals surface area contributed by atoms with E-state index in [1.807, 2.05) is 19.1 Å². The second kappa shape index (κ2) is 8.00. The van der Waals surface area contributed by atoms with E-state index in [9.17, 15) is 4.79 Å². The lowest BCUT2D eigenvalue weighted by Crippen LogP contribution is -2.43. The second-order valence-electron chi connectivity index (χ2n) is 7.34. The highest BCUT2D eigenvalue weighted by molar-refractivity contribution is 6.09. The van der Waals surface area contributed by atoms with Crippen molar-refractivity contribution in [2.45, 2.75) is 32.2 Å². The molecule has 0 aliphatic carbocycles. The minimum Gasteiger partial charge on any atom is -0.397 e. The lowest BCUT2D eigenvalue weighted by atomic mass is 10.1. The molecular formula is C21H25N7O. The Kier molecular flexibility index (Phi) is 5.26. The maximum atomic E-state index is 13.0. The van der Waals surface area contributed by atoms with Gasteiger partial charge in [0, 0.05) is 42.6 Å². The number of nitrogens with two attached hydrogens (primary N) is 2. The third kappa shape index (κ3) is 3.97. The number of nitrogens with one attached hydrogen (secondary N) is 1. The fourth-order valence-corrected chi connectivity index (χ4v) is 3.67. The summed E-state index contributed by atoms with van der Waals surface area (Å²) in [6.45, 7) is 3.66. The summed E-state index contributed by atoms with van der Waals surface area (Å²) in [5.74, 6) is -0.366. The third-order valence-corrected chi connectivity index (χ3v) is 5.21. The van der Waals surface area contributed by atoms with Gasteiger partial charge in [0.25, 0.3) is 5.91 Å². The number of pyridine rings is 3. The number of aromatic nitrogens is 3. The summed E-state index contributed by atoms with van der Waals surface area (Å²) in [5, 5.41) is 3.74. The molecule has 1 atom stereocenters. The number of hydrogen-bond donors (Lipinski definition) is 3. The minimum atomic E-state index is -0.366. The Morgan fingerprint density at radius 2 is 2.21 bits per heavy atom. The van der Waals surface area contributed by atoms with Gasteiger partial charge >= 0.3 is 0 Å². The molecule has 1 aliphatic heterocycles. The number of carbonyl (C=O) groups excluding carboxylic acids is 1. The number of piperidine rings is 1. The zero-order valence-corrected chi connectivity index (χ0v) is 16.4. The van der Waals surface area contributed by atoms with Crippen LogP contribution in [0.2, 0.25) is 0 Å². The molecule has 150 valence electrons. The number of rotatable bonds is 4. The molecule has 1 fully saturated rings. The van der Waals surface area contributed by atoms with Gasteiger partial charge in [0.05, 0.1) is 28.8 Å². The molecule has 0 aromatic carbocycles. The van der Waals surface area contributed by atoms with Crippen LogP contribution in [0.5, 0.6) is 0 Å². The van der Waals surface area contributed by atoms with Gasteiger partial charge in [0.2, 0.25) is 0 Å². The van der Waals surface area contributed by atoms with Crippen molar-refractivity contribution in [3.63, 3.8) is 0 Å². The summed E-state index contributed by atoms with van der Waals surface area (Å²) in [7, 11) is 0. The molecule has 1 saturated heterocycles. The summed E-state index contributed by atoms with van der Waals surface area (Å²) in [4.78, 5) is 28.2. The quantitative estimate of drug-likeness (QED) is 0.624. The van der Waals surface area contributed by atoms with E-state index in [4.69, 9.17) is 11.5 Å². The fraction of sp³-hybridized carbons (Fsp3) is 0.333. The summed E-state index contributed by atoms with van der Waals surface area (Å²) < 4.78 is 0. The first-order valence-corrected chi connectivity index (χ1v) is 9.86. The zero-order chi connectivity index (χ0) is 20.4. The molecular weight excluding hydrogens is 366 g/mol. The number of hydrogen-bond acceptors (Lipinski definition) is 7. The number of fused-ring (bicyclic) bond motifs is 1. The first-order valence-electron chi connectivity index (χ1n) is 9.86. The molecule has 8 heteroatoms. The van der Waals surface area contributed by atoms with Crippen LogP contribution in [-0.2, 0) is 6.42 Å². The summed E-state index contributed by atoms with van der Waals surface area (Å²) in [5.41, 5.74) is 15.9. The van der Waals surface area contributed by atoms with Crippen LogP contribution in [0, 0.1) is 0 Å². The summed E-state index contributed by atoms with van der Waals surface area (Å²) >= 11 is 0. The summed E-state index contributed by atoms with van der Waals surface area (Å²) in [6, 6.07) is 5.64. The van der Waals surface area contributed by atoms with E-state index in [0.29, 0.717) is 16.9 Å². The highest BCUT2D eigenvalue weighted by atomic mass is 16.1. The van der Waals surface area contributed by atoms with Gasteiger partial charge < -0.3 is 21.7 Å². The van der Waals surface area contributed by atoms with Crippen LogP contribution in [0.15, 0.2) is 36.8 Å². The molecule has 29 heavy (non-hydrogen) atoms. The monoisotopic (exact) mass is 391 g/mol. The van der Waals surface area contributed by atoms with Crippen LogP contribution in [0.4, 0.5) is 17.1 Å². The van der Waals surface area contributed by atoms with Crippen LogP contribution in [0.3, 0.4) is 0 Å². The Hall–Kier alpha value is -3.26. The van der Waals surface area contributed by atoms with Gasteiger partial charge in [-0.25, -0.2) is 4.98 Å². The standard InChI is InChI=1S/C21H25N7O/c1-2-15-9-17-13(10-25-15)8-16(23)20(26-17)21(29)27-18-11-24-6-5-19(18)28-7-3-4-14(22)12-28/h5-6,8-11,14H,2-4,7,12,22-23H2,1H3,(H,27,29)/t14-/m0/s1. The number of carbonyl (C=O) groups is 1. The third-order valence-electron chi connectivity index (χ3n) is 5.21. The molecule has 4 rings (SSSR count). The number of anilines is 3. The average molecular weight is 391 g/mol. The normalized spacial score (nSPS) is 16.8. The largest absolute Gasteiger partial charge is 0.397 e. The van der Waals surface area contributed by atoms with Crippen molar-refractivity contribution in [1.29, 1.82) is 0 Å². The van der Waals surface area contributed by atoms with Crippen molar-refractivity contribution in [3.8, 4) is 0 Å². The number of aryl methyl sites for hydroxylation is 1. The maximum absolute atomic E-state index is 13.0. The molecule has 8 nitrogen and oxygen atoms in total. The van der Waals surface area contributed by atoms with Gasteiger partial charge in [-0.05, 0) is 37.5 Å². The Labute approximate surface area is 169 Å². The Morgan fingerprint density at radius 1 is 1.34 bits per heavy atom. The van der Waals surface area contributed by atoms with Crippen LogP contribution in [-0.4, -0.2) is 40.0 Å². The molecule has 5 N–H and O–H groups in total. The number of nitrogen functional groups attached to an aromatic ring is 1. The van der Waals surface area contributed by atoms with Crippen LogP contribution >= 0.6 is 0 Å². The molecule has 0 radical (unpaired) electrons. The smallest absolute Gasteiger partial charge is 0.276 e. The van der Waals surface area contributed by atoms with Crippen LogP contribution in [0.25, 0.3) is 10.9 Å². The van der Waals surface area contributed by atoms with Gasteiger partial charge in [0.1, 0.15) is 0 Å². The van der Waals surface area contributed by atoms with Crippen LogP contribution in [0.1, 0.15) is 35.9 Å². The molecule has 1 amide bonds. The molecule has 3 aromatic rings. The SMILES string of the molecule is CCc1cc2nc(C(=O)Nc3cnccc3N3CCC[C@H](N)C3)c(N)cc2cn1. The number of amides is 1. The first-order chi connectivity index (χ1) is 14.0. The molecule has 0 saturated carbocycles. The van der Waals surface area contributed by atoms with Crippen molar-refractivity contribution in [2.24, 2.45) is 5.73 Å². The van der Waals surface area contributed by atoms with Crippen molar-refractivity contribution in [1.82, 2.24) is 15.0 Å². The van der Waals surface area contributed by atoms with Crippen molar-refractivity contribution < 1.29 is 4.79 Å². The van der Waals surface area contributed by atoms with E-state index in [-0.39, 0.29) is 17.6 Å². The minimum absolute atomic E-state index is 0.125. The first kappa shape index (κ1) is 19.1. The second-order valence-corrected chi connectivity index (χ2v) is 7.34. The van der Waals surface area contributed by atoms with Gasteiger partial charge in [0.15, 0.2) is 5.69 Å². The van der Waals surface area contributed by atoms with Crippen molar-refractivity contribution in [2.75, 3.05) is 29.0 Å². The predicted octanol–water partition coefficient (Wildman–Crippen LogP) is 2.35. The van der Waals surface area contributed by atoms with E-state index in [0.717, 1.165) is 49.1 Å². The fourth-order valence-electron chi connectivity index (χ4n) is 3.67. The molecule has 0 spiro atoms. The average Bonchev–Trinajstić information content (AvgIpc) is 2.73. The van der Waals surface area contributed by atoms with Gasteiger partial charge in [-0.15, -0.1) is 0 Å². The van der Waals surface area contributed by atoms with Gasteiger partial charge in [-0.3, -0.25) is 14.8 Å². The molecule has 4 heterocycles. The molecule has 0 unspecified atom stereocenters. The van der Waals surface area contributed by atoms with E-state index in [1.54, 1.807) is 24.7 Å². The zero-order valence-electron chi connectivity index (χ0n) is 16.4. The van der Waals surface area contributed by atoms with Crippen molar-refractivity contribution >= 4 is 33.9 Å². The topological polar surface area (TPSA) is 123 Å². The van der Waals surface area contributed by atoms with E-state index in [1.165, 1.54) is 0 Å². The van der Waals surface area contributed by atoms with E-state index in [2.05, 4.69) is 25.2 Å². The maximum Gasteiger partial charge on any atom is 0.276 e. The van der Waals surface area contributed by atoms with E-state index < -0.39 is 0 Å². The van der Waals surface area contributed by atoms with Crippen LogP contribution < -0.4 is 21.7 Å². The highest BCUT2D eigenvalue weighted by Crippen LogP contribution is 2.28. The highest BCUT2D eigenvalue weighted by Gasteiger charge is 2.21. The summed E-state index contributed by atoms with van der Waals surface area (Å²) in [6.07, 6.45) is 7.91. The lowest BCUT2D eigenvalue weighted by molar-refractivity contribution is 0.102. The predicted molar refractivity (Wildman–Crippen MR) is 115 cm³/mol. The van der Waals surface area contributed by atoms with Crippen molar-refractivity contribution in [3.05, 3.63) is 48.2 Å². The Bertz CT molecular complexity index is 1050. The number of nitrogens with zero attached hydrogens (tertiary/aromatic N) is 4. The Balaban J connectivity index is 1.64. The molecule has 3 aromatic heterocycles. The molecule has 1 aliphatic rings.